The van der Waals surface area contributed by atoms with Crippen LogP contribution in [0.1, 0.15) is 38.5 Å². The molecule has 0 amide bonds. The smallest absolute Gasteiger partial charge is 0.0800 e. The lowest BCUT2D eigenvalue weighted by molar-refractivity contribution is 0.0144. The fourth-order valence-corrected chi connectivity index (χ4v) is 2.48. The van der Waals surface area contributed by atoms with Gasteiger partial charge in [0, 0.05) is 6.04 Å². The van der Waals surface area contributed by atoms with Crippen molar-refractivity contribution in [1.29, 1.82) is 0 Å². The van der Waals surface area contributed by atoms with Crippen LogP contribution < -0.4 is 5.32 Å². The summed E-state index contributed by atoms with van der Waals surface area (Å²) >= 11 is 0. The lowest BCUT2D eigenvalue weighted by atomic mass is 9.91. The van der Waals surface area contributed by atoms with Crippen molar-refractivity contribution in [3.05, 3.63) is 0 Å². The van der Waals surface area contributed by atoms with Gasteiger partial charge in [0.1, 0.15) is 0 Å². The second-order valence-electron chi connectivity index (χ2n) is 3.96. The molecule has 2 rings (SSSR count). The van der Waals surface area contributed by atoms with Gasteiger partial charge in [-0.25, -0.2) is 0 Å². The minimum atomic E-state index is -0.337. The first-order chi connectivity index (χ1) is 5.31. The second-order valence-corrected chi connectivity index (χ2v) is 3.96. The number of rotatable bonds is 1. The average molecular weight is 155 g/mol. The van der Waals surface area contributed by atoms with E-state index in [2.05, 4.69) is 5.32 Å². The van der Waals surface area contributed by atoms with E-state index in [1.54, 1.807) is 0 Å². The maximum Gasteiger partial charge on any atom is 0.0800 e. The van der Waals surface area contributed by atoms with Crippen molar-refractivity contribution in [2.75, 3.05) is 6.54 Å². The number of nitrogens with one attached hydrogen (secondary N) is 1. The van der Waals surface area contributed by atoms with Gasteiger partial charge in [0.05, 0.1) is 5.60 Å². The van der Waals surface area contributed by atoms with Crippen molar-refractivity contribution in [3.63, 3.8) is 0 Å². The molecule has 2 N–H and O–H groups in total. The fraction of sp³-hybridized carbons (Fsp3) is 1.00. The molecule has 64 valence electrons. The Morgan fingerprint density at radius 2 is 1.91 bits per heavy atom. The molecule has 2 heteroatoms. The molecule has 2 fully saturated rings. The first kappa shape index (κ1) is 7.56. The van der Waals surface area contributed by atoms with E-state index in [-0.39, 0.29) is 5.60 Å². The molecule has 11 heavy (non-hydrogen) atoms. The van der Waals surface area contributed by atoms with Crippen molar-refractivity contribution in [2.45, 2.75) is 50.2 Å². The molecule has 0 aromatic carbocycles. The number of hydrogen-bond acceptors (Lipinski definition) is 2. The highest BCUT2D eigenvalue weighted by Crippen LogP contribution is 2.35. The van der Waals surface area contributed by atoms with Crippen LogP contribution >= 0.6 is 0 Å². The Hall–Kier alpha value is -0.0800. The summed E-state index contributed by atoms with van der Waals surface area (Å²) < 4.78 is 0. The highest BCUT2D eigenvalue weighted by Gasteiger charge is 2.40. The third kappa shape index (κ3) is 1.30. The van der Waals surface area contributed by atoms with Crippen LogP contribution in [0.5, 0.6) is 0 Å². The number of hydrogen-bond donors (Lipinski definition) is 2. The molecule has 1 heterocycles. The lowest BCUT2D eigenvalue weighted by Crippen LogP contribution is -2.45. The molecule has 0 spiro atoms. The minimum absolute atomic E-state index is 0.337. The van der Waals surface area contributed by atoms with Gasteiger partial charge in [-0.3, -0.25) is 0 Å². The zero-order valence-electron chi connectivity index (χ0n) is 6.97. The predicted octanol–water partition coefficient (Wildman–Crippen LogP) is 1.04. The Morgan fingerprint density at radius 3 is 2.45 bits per heavy atom. The van der Waals surface area contributed by atoms with Gasteiger partial charge in [-0.15, -0.1) is 0 Å². The molecule has 1 atom stereocenters. The quantitative estimate of drug-likeness (QED) is 0.593. The second kappa shape index (κ2) is 2.76. The van der Waals surface area contributed by atoms with E-state index in [1.165, 1.54) is 25.7 Å². The fourth-order valence-electron chi connectivity index (χ4n) is 2.48. The molecule has 1 saturated carbocycles. The van der Waals surface area contributed by atoms with Gasteiger partial charge >= 0.3 is 0 Å². The molecule has 1 aliphatic carbocycles. The van der Waals surface area contributed by atoms with Crippen LogP contribution in [-0.4, -0.2) is 23.3 Å². The molecule has 2 aliphatic rings. The summed E-state index contributed by atoms with van der Waals surface area (Å²) in [5.74, 6) is 0. The highest BCUT2D eigenvalue weighted by atomic mass is 16.3. The zero-order valence-corrected chi connectivity index (χ0v) is 6.97. The van der Waals surface area contributed by atoms with Gasteiger partial charge in [-0.05, 0) is 32.2 Å². The van der Waals surface area contributed by atoms with E-state index in [4.69, 9.17) is 0 Å². The van der Waals surface area contributed by atoms with Gasteiger partial charge in [-0.2, -0.15) is 0 Å². The molecule has 0 radical (unpaired) electrons. The van der Waals surface area contributed by atoms with E-state index in [0.717, 1.165) is 19.4 Å². The topological polar surface area (TPSA) is 32.3 Å². The van der Waals surface area contributed by atoms with Crippen molar-refractivity contribution in [1.82, 2.24) is 5.32 Å². The normalized spacial score (nSPS) is 36.3. The van der Waals surface area contributed by atoms with Gasteiger partial charge in [0.2, 0.25) is 0 Å². The zero-order chi connectivity index (χ0) is 7.73. The first-order valence-corrected chi connectivity index (χ1v) is 4.77. The van der Waals surface area contributed by atoms with Crippen LogP contribution in [0.2, 0.25) is 0 Å². The molecule has 1 saturated heterocycles. The van der Waals surface area contributed by atoms with Gasteiger partial charge in [0.25, 0.3) is 0 Å². The van der Waals surface area contributed by atoms with Crippen molar-refractivity contribution in [3.8, 4) is 0 Å². The molecule has 1 unspecified atom stereocenters. The van der Waals surface area contributed by atoms with Gasteiger partial charge < -0.3 is 10.4 Å². The SMILES string of the molecule is OC1(C2CCCN2)CCCC1. The minimum Gasteiger partial charge on any atom is -0.388 e. The van der Waals surface area contributed by atoms with Crippen LogP contribution in [0.4, 0.5) is 0 Å². The Bertz CT molecular complexity index is 134. The van der Waals surface area contributed by atoms with Crippen molar-refractivity contribution >= 4 is 0 Å². The molecule has 0 aromatic heterocycles. The van der Waals surface area contributed by atoms with E-state index in [9.17, 15) is 5.11 Å². The summed E-state index contributed by atoms with van der Waals surface area (Å²) in [7, 11) is 0. The third-order valence-electron chi connectivity index (χ3n) is 3.18. The Labute approximate surface area is 68.0 Å². The molecule has 0 aromatic rings. The van der Waals surface area contributed by atoms with Crippen LogP contribution in [0, 0.1) is 0 Å². The maximum atomic E-state index is 10.1. The highest BCUT2D eigenvalue weighted by molar-refractivity contribution is 4.97. The van der Waals surface area contributed by atoms with E-state index in [0.29, 0.717) is 6.04 Å². The monoisotopic (exact) mass is 155 g/mol. The Balaban J connectivity index is 2.00. The summed E-state index contributed by atoms with van der Waals surface area (Å²) in [5.41, 5.74) is -0.337. The summed E-state index contributed by atoms with van der Waals surface area (Å²) in [5, 5.41) is 13.5. The molecular weight excluding hydrogens is 138 g/mol. The largest absolute Gasteiger partial charge is 0.388 e. The van der Waals surface area contributed by atoms with Crippen LogP contribution in [0.3, 0.4) is 0 Å². The Morgan fingerprint density at radius 1 is 1.18 bits per heavy atom. The maximum absolute atomic E-state index is 10.1. The van der Waals surface area contributed by atoms with Crippen molar-refractivity contribution < 1.29 is 5.11 Å². The molecule has 2 nitrogen and oxygen atoms in total. The Kier molecular flexibility index (Phi) is 1.90. The average Bonchev–Trinajstić information content (AvgIpc) is 2.55. The summed E-state index contributed by atoms with van der Waals surface area (Å²) in [4.78, 5) is 0. The van der Waals surface area contributed by atoms with Crippen LogP contribution in [0.15, 0.2) is 0 Å². The summed E-state index contributed by atoms with van der Waals surface area (Å²) in [6.07, 6.45) is 6.89. The van der Waals surface area contributed by atoms with Crippen LogP contribution in [0.25, 0.3) is 0 Å². The van der Waals surface area contributed by atoms with Gasteiger partial charge in [0.15, 0.2) is 0 Å². The van der Waals surface area contributed by atoms with Crippen molar-refractivity contribution in [2.24, 2.45) is 0 Å². The van der Waals surface area contributed by atoms with E-state index >= 15 is 0 Å². The predicted molar refractivity (Wildman–Crippen MR) is 44.4 cm³/mol. The third-order valence-corrected chi connectivity index (χ3v) is 3.18. The summed E-state index contributed by atoms with van der Waals surface area (Å²) in [6.45, 7) is 1.10. The van der Waals surface area contributed by atoms with Crippen LogP contribution in [-0.2, 0) is 0 Å². The molecule has 1 aliphatic heterocycles. The van der Waals surface area contributed by atoms with E-state index in [1.807, 2.05) is 0 Å². The molecular formula is C9H17NO. The summed E-state index contributed by atoms with van der Waals surface area (Å²) in [6, 6.07) is 0.407. The molecule has 0 bridgehead atoms. The number of aliphatic hydroxyl groups is 1. The standard InChI is InChI=1S/C9H17NO/c11-9(5-1-2-6-9)8-4-3-7-10-8/h8,10-11H,1-7H2. The lowest BCUT2D eigenvalue weighted by Gasteiger charge is -2.29. The van der Waals surface area contributed by atoms with Gasteiger partial charge in [-0.1, -0.05) is 12.8 Å². The first-order valence-electron chi connectivity index (χ1n) is 4.77. The van der Waals surface area contributed by atoms with E-state index < -0.39 is 0 Å².